The number of rotatable bonds is 21. The summed E-state index contributed by atoms with van der Waals surface area (Å²) in [5.74, 6) is -2.14. The monoisotopic (exact) mass is 594 g/mol. The number of hydrogen-bond donors (Lipinski definition) is 1. The summed E-state index contributed by atoms with van der Waals surface area (Å²) < 4.78 is 16.4. The molecule has 0 amide bonds. The highest BCUT2D eigenvalue weighted by Crippen LogP contribution is 2.23. The minimum absolute atomic E-state index is 0.0232. The van der Waals surface area contributed by atoms with E-state index in [0.29, 0.717) is 12.8 Å². The van der Waals surface area contributed by atoms with Gasteiger partial charge in [-0.1, -0.05) is 88.8 Å². The molecule has 0 heterocycles. The number of allylic oxidation sites excluding steroid dienone is 1. The predicted octanol–water partition coefficient (Wildman–Crippen LogP) is 8.48. The van der Waals surface area contributed by atoms with Gasteiger partial charge in [0.25, 0.3) is 0 Å². The Morgan fingerprint density at radius 3 is 2.02 bits per heavy atom. The third-order valence-corrected chi connectivity index (χ3v) is 6.93. The van der Waals surface area contributed by atoms with E-state index in [4.69, 9.17) is 14.2 Å². The summed E-state index contributed by atoms with van der Waals surface area (Å²) in [6.07, 6.45) is 15.7. The Bertz CT molecular complexity index is 1190. The van der Waals surface area contributed by atoms with Gasteiger partial charge < -0.3 is 19.3 Å². The summed E-state index contributed by atoms with van der Waals surface area (Å²) in [6.45, 7) is 3.86. The molecule has 8 nitrogen and oxygen atoms in total. The minimum Gasteiger partial charge on any atom is -0.478 e. The van der Waals surface area contributed by atoms with Crippen molar-refractivity contribution in [1.29, 1.82) is 0 Å². The Morgan fingerprint density at radius 1 is 0.721 bits per heavy atom. The maximum Gasteiger partial charge on any atom is 0.342 e. The van der Waals surface area contributed by atoms with Crippen molar-refractivity contribution < 1.29 is 38.5 Å². The molecule has 0 saturated heterocycles. The van der Waals surface area contributed by atoms with E-state index in [-0.39, 0.29) is 41.6 Å². The standard InChI is InChI=1S/C35H46O8/c1-3-5-6-13-20-27(41-35(40)29-23-17-19-25-31(29)42-32(36)4-2)21-14-11-9-7-8-10-12-15-26-33(37)43-30-24-18-16-22-28(30)34(38)39/h11,14,16-19,22-25,27H,3-10,12-13,15,20-21,26H2,1-2H3,(H,38,39)/b14-11-. The topological polar surface area (TPSA) is 116 Å². The van der Waals surface area contributed by atoms with Crippen LogP contribution in [0.3, 0.4) is 0 Å². The van der Waals surface area contributed by atoms with Crippen LogP contribution in [0.2, 0.25) is 0 Å². The Morgan fingerprint density at radius 2 is 1.33 bits per heavy atom. The second-order valence-electron chi connectivity index (χ2n) is 10.5. The average Bonchev–Trinajstić information content (AvgIpc) is 3.00. The summed E-state index contributed by atoms with van der Waals surface area (Å²) in [4.78, 5) is 48.1. The Balaban J connectivity index is 1.71. The summed E-state index contributed by atoms with van der Waals surface area (Å²) in [5.41, 5.74) is 0.232. The van der Waals surface area contributed by atoms with Crippen LogP contribution < -0.4 is 9.47 Å². The number of hydrogen-bond acceptors (Lipinski definition) is 7. The second-order valence-corrected chi connectivity index (χ2v) is 10.5. The lowest BCUT2D eigenvalue weighted by molar-refractivity contribution is -0.135. The third kappa shape index (κ3) is 14.2. The molecule has 0 radical (unpaired) electrons. The zero-order chi connectivity index (χ0) is 31.3. The molecule has 1 unspecified atom stereocenters. The number of unbranched alkanes of at least 4 members (excludes halogenated alkanes) is 8. The lowest BCUT2D eigenvalue weighted by Crippen LogP contribution is -2.19. The lowest BCUT2D eigenvalue weighted by Gasteiger charge is -2.17. The average molecular weight is 595 g/mol. The number of carbonyl (C=O) groups excluding carboxylic acids is 3. The molecule has 0 aromatic heterocycles. The minimum atomic E-state index is -1.13. The second kappa shape index (κ2) is 20.9. The first-order valence-electron chi connectivity index (χ1n) is 15.5. The van der Waals surface area contributed by atoms with Gasteiger partial charge in [-0.15, -0.1) is 0 Å². The molecule has 0 saturated carbocycles. The highest BCUT2D eigenvalue weighted by molar-refractivity contribution is 5.93. The lowest BCUT2D eigenvalue weighted by atomic mass is 10.1. The largest absolute Gasteiger partial charge is 0.478 e. The zero-order valence-corrected chi connectivity index (χ0v) is 25.6. The van der Waals surface area contributed by atoms with Gasteiger partial charge in [0.1, 0.15) is 28.7 Å². The van der Waals surface area contributed by atoms with Crippen molar-refractivity contribution in [3.63, 3.8) is 0 Å². The van der Waals surface area contributed by atoms with Crippen molar-refractivity contribution in [3.05, 3.63) is 71.8 Å². The number of esters is 3. The molecule has 234 valence electrons. The fraction of sp³-hybridized carbons (Fsp3) is 0.486. The van der Waals surface area contributed by atoms with Crippen LogP contribution in [-0.2, 0) is 14.3 Å². The quantitative estimate of drug-likeness (QED) is 0.0662. The van der Waals surface area contributed by atoms with Crippen molar-refractivity contribution in [1.82, 2.24) is 0 Å². The van der Waals surface area contributed by atoms with Crippen molar-refractivity contribution in [2.75, 3.05) is 0 Å². The molecule has 0 fully saturated rings. The van der Waals surface area contributed by atoms with Crippen LogP contribution in [0.1, 0.15) is 124 Å². The summed E-state index contributed by atoms with van der Waals surface area (Å²) in [5, 5.41) is 9.20. The van der Waals surface area contributed by atoms with E-state index in [9.17, 15) is 24.3 Å². The van der Waals surface area contributed by atoms with Gasteiger partial charge in [-0.05, 0) is 56.4 Å². The smallest absolute Gasteiger partial charge is 0.342 e. The van der Waals surface area contributed by atoms with E-state index in [1.165, 1.54) is 12.1 Å². The molecule has 1 atom stereocenters. The first kappa shape index (κ1) is 35.3. The molecule has 0 spiro atoms. The zero-order valence-electron chi connectivity index (χ0n) is 25.6. The maximum absolute atomic E-state index is 13.0. The molecule has 2 aromatic carbocycles. The molecule has 0 aliphatic heterocycles. The van der Waals surface area contributed by atoms with E-state index in [0.717, 1.165) is 64.2 Å². The van der Waals surface area contributed by atoms with E-state index in [1.807, 2.05) is 0 Å². The SMILES string of the molecule is CCCCCCC(C/C=C\CCCCCCCC(=O)Oc1ccccc1C(=O)O)OC(=O)c1ccccc1OC(=O)CC. The van der Waals surface area contributed by atoms with Gasteiger partial charge in [0, 0.05) is 19.3 Å². The molecular formula is C35H46O8. The Kier molecular flexibility index (Phi) is 17.1. The fourth-order valence-corrected chi connectivity index (χ4v) is 4.49. The molecule has 1 N–H and O–H groups in total. The van der Waals surface area contributed by atoms with Gasteiger partial charge in [-0.3, -0.25) is 9.59 Å². The normalized spacial score (nSPS) is 11.7. The fourth-order valence-electron chi connectivity index (χ4n) is 4.49. The van der Waals surface area contributed by atoms with Crippen LogP contribution in [0.5, 0.6) is 11.5 Å². The van der Waals surface area contributed by atoms with Crippen molar-refractivity contribution in [3.8, 4) is 11.5 Å². The van der Waals surface area contributed by atoms with E-state index >= 15 is 0 Å². The Hall–Kier alpha value is -3.94. The molecule has 2 rings (SSSR count). The van der Waals surface area contributed by atoms with Crippen LogP contribution >= 0.6 is 0 Å². The van der Waals surface area contributed by atoms with Crippen LogP contribution in [0.15, 0.2) is 60.7 Å². The summed E-state index contributed by atoms with van der Waals surface area (Å²) in [7, 11) is 0. The van der Waals surface area contributed by atoms with Gasteiger partial charge in [0.2, 0.25) is 0 Å². The summed E-state index contributed by atoms with van der Waals surface area (Å²) >= 11 is 0. The van der Waals surface area contributed by atoms with Gasteiger partial charge in [-0.2, -0.15) is 0 Å². The highest BCUT2D eigenvalue weighted by Gasteiger charge is 2.20. The van der Waals surface area contributed by atoms with Gasteiger partial charge in [0.15, 0.2) is 0 Å². The van der Waals surface area contributed by atoms with E-state index in [1.54, 1.807) is 43.3 Å². The highest BCUT2D eigenvalue weighted by atomic mass is 16.6. The molecule has 0 aliphatic rings. The molecule has 2 aromatic rings. The number of benzene rings is 2. The van der Waals surface area contributed by atoms with Gasteiger partial charge in [-0.25, -0.2) is 9.59 Å². The van der Waals surface area contributed by atoms with E-state index < -0.39 is 23.9 Å². The molecule has 8 heteroatoms. The first-order valence-corrected chi connectivity index (χ1v) is 15.5. The van der Waals surface area contributed by atoms with E-state index in [2.05, 4.69) is 19.1 Å². The van der Waals surface area contributed by atoms with Crippen LogP contribution in [0, 0.1) is 0 Å². The number of aromatic carboxylic acids is 1. The number of carbonyl (C=O) groups is 4. The third-order valence-electron chi connectivity index (χ3n) is 6.93. The van der Waals surface area contributed by atoms with Crippen molar-refractivity contribution >= 4 is 23.9 Å². The number of carboxylic acid groups (broad SMARTS) is 1. The van der Waals surface area contributed by atoms with Crippen molar-refractivity contribution in [2.24, 2.45) is 0 Å². The molecular weight excluding hydrogens is 548 g/mol. The number of carboxylic acids is 1. The number of para-hydroxylation sites is 2. The van der Waals surface area contributed by atoms with Crippen LogP contribution in [-0.4, -0.2) is 35.1 Å². The molecule has 0 bridgehead atoms. The van der Waals surface area contributed by atoms with Gasteiger partial charge in [0.05, 0.1) is 0 Å². The number of ether oxygens (including phenoxy) is 3. The van der Waals surface area contributed by atoms with Crippen molar-refractivity contribution in [2.45, 2.75) is 110 Å². The Labute approximate surface area is 255 Å². The first-order chi connectivity index (χ1) is 20.8. The molecule has 43 heavy (non-hydrogen) atoms. The predicted molar refractivity (Wildman–Crippen MR) is 165 cm³/mol. The van der Waals surface area contributed by atoms with Crippen LogP contribution in [0.25, 0.3) is 0 Å². The summed E-state index contributed by atoms with van der Waals surface area (Å²) in [6, 6.07) is 12.8. The van der Waals surface area contributed by atoms with Crippen LogP contribution in [0.4, 0.5) is 0 Å². The maximum atomic E-state index is 13.0. The molecule has 0 aliphatic carbocycles. The van der Waals surface area contributed by atoms with Gasteiger partial charge >= 0.3 is 23.9 Å².